The van der Waals surface area contributed by atoms with Crippen molar-refractivity contribution in [1.82, 2.24) is 14.5 Å². The fourth-order valence-electron chi connectivity index (χ4n) is 2.75. The van der Waals surface area contributed by atoms with Crippen molar-refractivity contribution >= 4 is 5.91 Å². The van der Waals surface area contributed by atoms with Crippen molar-refractivity contribution in [3.8, 4) is 0 Å². The van der Waals surface area contributed by atoms with Gasteiger partial charge in [0.1, 0.15) is 5.76 Å². The minimum absolute atomic E-state index is 0.214. The monoisotopic (exact) mass is 273 g/mol. The summed E-state index contributed by atoms with van der Waals surface area (Å²) in [7, 11) is 0. The lowest BCUT2D eigenvalue weighted by atomic mass is 10.0. The number of furan rings is 1. The summed E-state index contributed by atoms with van der Waals surface area (Å²) in [5.74, 6) is 1.09. The largest absolute Gasteiger partial charge is 0.469 e. The second-order valence-corrected chi connectivity index (χ2v) is 5.23. The number of hydrogen-bond acceptors (Lipinski definition) is 3. The van der Waals surface area contributed by atoms with E-state index in [1.807, 2.05) is 29.6 Å². The van der Waals surface area contributed by atoms with Crippen LogP contribution in [0.5, 0.6) is 0 Å². The molecule has 0 bridgehead atoms. The number of imidazole rings is 1. The number of amides is 1. The van der Waals surface area contributed by atoms with Gasteiger partial charge in [-0.1, -0.05) is 0 Å². The van der Waals surface area contributed by atoms with E-state index in [0.29, 0.717) is 18.9 Å². The molecule has 1 atom stereocenters. The van der Waals surface area contributed by atoms with Crippen molar-refractivity contribution in [1.29, 1.82) is 0 Å². The van der Waals surface area contributed by atoms with E-state index in [1.165, 1.54) is 0 Å². The predicted octanol–water partition coefficient (Wildman–Crippen LogP) is 2.27. The van der Waals surface area contributed by atoms with E-state index < -0.39 is 0 Å². The van der Waals surface area contributed by atoms with Crippen molar-refractivity contribution in [3.63, 3.8) is 0 Å². The van der Waals surface area contributed by atoms with Crippen LogP contribution in [0.1, 0.15) is 31.1 Å². The van der Waals surface area contributed by atoms with Gasteiger partial charge in [-0.2, -0.15) is 0 Å². The zero-order chi connectivity index (χ0) is 13.8. The number of hydrogen-bond donors (Lipinski definition) is 0. The van der Waals surface area contributed by atoms with Crippen LogP contribution in [0.2, 0.25) is 0 Å². The lowest BCUT2D eigenvalue weighted by molar-refractivity contribution is -0.132. The standard InChI is InChI=1S/C15H19N3O2/c19-15(6-5-14-4-2-10-20-14)17-8-1-3-13(11-17)18-9-7-16-12-18/h2,4,7,9-10,12-13H,1,3,5-6,8,11H2/t13-/m0/s1. The van der Waals surface area contributed by atoms with Crippen LogP contribution < -0.4 is 0 Å². The number of carbonyl (C=O) groups excluding carboxylic acids is 1. The van der Waals surface area contributed by atoms with Crippen LogP contribution in [0.15, 0.2) is 41.5 Å². The van der Waals surface area contributed by atoms with Gasteiger partial charge < -0.3 is 13.9 Å². The van der Waals surface area contributed by atoms with E-state index in [9.17, 15) is 4.79 Å². The third-order valence-electron chi connectivity index (χ3n) is 3.86. The summed E-state index contributed by atoms with van der Waals surface area (Å²) >= 11 is 0. The maximum Gasteiger partial charge on any atom is 0.223 e. The number of rotatable bonds is 4. The Morgan fingerprint density at radius 2 is 2.45 bits per heavy atom. The molecule has 106 valence electrons. The van der Waals surface area contributed by atoms with Crippen molar-refractivity contribution in [2.45, 2.75) is 31.7 Å². The number of piperidine rings is 1. The first-order valence-electron chi connectivity index (χ1n) is 7.10. The average molecular weight is 273 g/mol. The SMILES string of the molecule is O=C(CCc1ccco1)N1CCC[C@H](n2ccnc2)C1. The summed E-state index contributed by atoms with van der Waals surface area (Å²) in [4.78, 5) is 18.3. The number of carbonyl (C=O) groups is 1. The average Bonchev–Trinajstić information content (AvgIpc) is 3.18. The zero-order valence-electron chi connectivity index (χ0n) is 11.4. The molecule has 0 unspecified atom stereocenters. The van der Waals surface area contributed by atoms with Crippen LogP contribution in [0.3, 0.4) is 0 Å². The molecule has 2 aromatic rings. The van der Waals surface area contributed by atoms with Crippen molar-refractivity contribution < 1.29 is 9.21 Å². The van der Waals surface area contributed by atoms with Gasteiger partial charge in [-0.05, 0) is 25.0 Å². The molecule has 3 heterocycles. The highest BCUT2D eigenvalue weighted by Gasteiger charge is 2.24. The van der Waals surface area contributed by atoms with E-state index in [0.717, 1.165) is 31.7 Å². The van der Waals surface area contributed by atoms with Gasteiger partial charge in [-0.25, -0.2) is 4.98 Å². The highest BCUT2D eigenvalue weighted by molar-refractivity contribution is 5.76. The summed E-state index contributed by atoms with van der Waals surface area (Å²) in [6.45, 7) is 1.65. The predicted molar refractivity (Wildman–Crippen MR) is 74.1 cm³/mol. The van der Waals surface area contributed by atoms with Crippen LogP contribution in [0.4, 0.5) is 0 Å². The van der Waals surface area contributed by atoms with Gasteiger partial charge in [0.15, 0.2) is 0 Å². The number of aryl methyl sites for hydroxylation is 1. The fraction of sp³-hybridized carbons (Fsp3) is 0.467. The van der Waals surface area contributed by atoms with Gasteiger partial charge >= 0.3 is 0 Å². The second-order valence-electron chi connectivity index (χ2n) is 5.23. The molecule has 1 aliphatic rings. The Hall–Kier alpha value is -2.04. The smallest absolute Gasteiger partial charge is 0.223 e. The molecule has 0 aliphatic carbocycles. The molecule has 0 radical (unpaired) electrons. The van der Waals surface area contributed by atoms with E-state index in [1.54, 1.807) is 12.5 Å². The van der Waals surface area contributed by atoms with Crippen LogP contribution in [-0.2, 0) is 11.2 Å². The molecule has 0 spiro atoms. The molecular formula is C15H19N3O2. The van der Waals surface area contributed by atoms with E-state index >= 15 is 0 Å². The van der Waals surface area contributed by atoms with Crippen molar-refractivity contribution in [2.75, 3.05) is 13.1 Å². The van der Waals surface area contributed by atoms with Crippen molar-refractivity contribution in [2.24, 2.45) is 0 Å². The number of aromatic nitrogens is 2. The second kappa shape index (κ2) is 5.94. The number of likely N-dealkylation sites (tertiary alicyclic amines) is 1. The summed E-state index contributed by atoms with van der Waals surface area (Å²) in [5.41, 5.74) is 0. The first-order valence-corrected chi connectivity index (χ1v) is 7.10. The van der Waals surface area contributed by atoms with Crippen LogP contribution >= 0.6 is 0 Å². The molecule has 1 aliphatic heterocycles. The first kappa shape index (κ1) is 13.0. The lowest BCUT2D eigenvalue weighted by Crippen LogP contribution is -2.40. The quantitative estimate of drug-likeness (QED) is 0.858. The molecule has 5 nitrogen and oxygen atoms in total. The maximum absolute atomic E-state index is 12.3. The molecule has 1 saturated heterocycles. The molecular weight excluding hydrogens is 254 g/mol. The highest BCUT2D eigenvalue weighted by Crippen LogP contribution is 2.21. The lowest BCUT2D eigenvalue weighted by Gasteiger charge is -2.33. The summed E-state index contributed by atoms with van der Waals surface area (Å²) in [6.07, 6.45) is 10.6. The van der Waals surface area contributed by atoms with Crippen LogP contribution in [-0.4, -0.2) is 33.4 Å². The third-order valence-corrected chi connectivity index (χ3v) is 3.86. The topological polar surface area (TPSA) is 51.3 Å². The minimum Gasteiger partial charge on any atom is -0.469 e. The Kier molecular flexibility index (Phi) is 3.85. The van der Waals surface area contributed by atoms with E-state index in [-0.39, 0.29) is 5.91 Å². The molecule has 2 aromatic heterocycles. The van der Waals surface area contributed by atoms with Gasteiger partial charge in [0.25, 0.3) is 0 Å². The molecule has 5 heteroatoms. The highest BCUT2D eigenvalue weighted by atomic mass is 16.3. The Bertz CT molecular complexity index is 533. The maximum atomic E-state index is 12.3. The van der Waals surface area contributed by atoms with Crippen molar-refractivity contribution in [3.05, 3.63) is 42.9 Å². The van der Waals surface area contributed by atoms with Gasteiger partial charge in [-0.3, -0.25) is 4.79 Å². The zero-order valence-corrected chi connectivity index (χ0v) is 11.4. The summed E-state index contributed by atoms with van der Waals surface area (Å²) in [6, 6.07) is 4.13. The van der Waals surface area contributed by atoms with Gasteiger partial charge in [0, 0.05) is 38.3 Å². The first-order chi connectivity index (χ1) is 9.83. The molecule has 0 aromatic carbocycles. The van der Waals surface area contributed by atoms with Gasteiger partial charge in [0.2, 0.25) is 5.91 Å². The Morgan fingerprint density at radius 3 is 3.20 bits per heavy atom. The molecule has 1 amide bonds. The molecule has 1 fully saturated rings. The summed E-state index contributed by atoms with van der Waals surface area (Å²) in [5, 5.41) is 0. The van der Waals surface area contributed by atoms with E-state index in [2.05, 4.69) is 9.55 Å². The van der Waals surface area contributed by atoms with Crippen LogP contribution in [0, 0.1) is 0 Å². The van der Waals surface area contributed by atoms with E-state index in [4.69, 9.17) is 4.42 Å². The Morgan fingerprint density at radius 1 is 1.50 bits per heavy atom. The third kappa shape index (κ3) is 2.92. The van der Waals surface area contributed by atoms with Gasteiger partial charge in [-0.15, -0.1) is 0 Å². The number of nitrogens with zero attached hydrogens (tertiary/aromatic N) is 3. The molecule has 0 saturated carbocycles. The summed E-state index contributed by atoms with van der Waals surface area (Å²) < 4.78 is 7.37. The molecule has 0 N–H and O–H groups in total. The Labute approximate surface area is 118 Å². The molecule has 20 heavy (non-hydrogen) atoms. The fourth-order valence-corrected chi connectivity index (χ4v) is 2.75. The minimum atomic E-state index is 0.214. The molecule has 3 rings (SSSR count). The van der Waals surface area contributed by atoms with Crippen LogP contribution in [0.25, 0.3) is 0 Å². The normalized spacial score (nSPS) is 19.2. The Balaban J connectivity index is 1.55. The van der Waals surface area contributed by atoms with Gasteiger partial charge in [0.05, 0.1) is 18.6 Å².